The topological polar surface area (TPSA) is 67.5 Å². The molecule has 2 atom stereocenters. The summed E-state index contributed by atoms with van der Waals surface area (Å²) in [6.45, 7) is 6.68. The number of anilines is 1. The zero-order chi connectivity index (χ0) is 15.4. The molecule has 1 aliphatic rings. The van der Waals surface area contributed by atoms with Gasteiger partial charge in [-0.05, 0) is 55.4 Å². The van der Waals surface area contributed by atoms with Crippen LogP contribution < -0.4 is 11.2 Å². The van der Waals surface area contributed by atoms with Crippen LogP contribution in [0.2, 0.25) is 0 Å². The third-order valence-corrected chi connectivity index (χ3v) is 4.23. The molecule has 114 valence electrons. The number of nitrogens with one attached hydrogen (secondary N) is 1. The van der Waals surface area contributed by atoms with E-state index in [4.69, 9.17) is 5.73 Å². The fourth-order valence-corrected chi connectivity index (χ4v) is 2.91. The fraction of sp³-hybridized carbons (Fsp3) is 0.529. The molecule has 3 N–H and O–H groups in total. The second-order valence-corrected chi connectivity index (χ2v) is 6.40. The van der Waals surface area contributed by atoms with Crippen molar-refractivity contribution in [1.82, 2.24) is 5.43 Å². The summed E-state index contributed by atoms with van der Waals surface area (Å²) < 4.78 is 0. The van der Waals surface area contributed by atoms with Crippen molar-refractivity contribution in [2.45, 2.75) is 40.0 Å². The minimum atomic E-state index is -0.178. The lowest BCUT2D eigenvalue weighted by Gasteiger charge is -2.30. The molecule has 0 aliphatic heterocycles. The summed E-state index contributed by atoms with van der Waals surface area (Å²) in [7, 11) is 0. The number of hydrogen-bond acceptors (Lipinski definition) is 3. The highest BCUT2D eigenvalue weighted by molar-refractivity contribution is 5.96. The van der Waals surface area contributed by atoms with Crippen molar-refractivity contribution in [3.63, 3.8) is 0 Å². The highest BCUT2D eigenvalue weighted by Crippen LogP contribution is 2.31. The summed E-state index contributed by atoms with van der Waals surface area (Å²) in [4.78, 5) is 12.1. The van der Waals surface area contributed by atoms with E-state index < -0.39 is 0 Å². The van der Waals surface area contributed by atoms with Crippen LogP contribution in [-0.2, 0) is 0 Å². The molecular weight excluding hydrogens is 262 g/mol. The van der Waals surface area contributed by atoms with Gasteiger partial charge in [-0.15, -0.1) is 0 Å². The standard InChI is InChI=1S/C17H25N3O/c1-11(2)15-9-4-12(3)10-16(15)19-20-17(21)13-5-7-14(18)8-6-13/h5-8,11-12,15H,4,9-10,18H2,1-3H3,(H,20,21)/b19-16-/t12-,15+/m1/s1. The van der Waals surface area contributed by atoms with E-state index in [9.17, 15) is 4.79 Å². The second kappa shape index (κ2) is 6.74. The van der Waals surface area contributed by atoms with E-state index in [0.29, 0.717) is 29.0 Å². The van der Waals surface area contributed by atoms with Crippen molar-refractivity contribution in [2.75, 3.05) is 5.73 Å². The summed E-state index contributed by atoms with van der Waals surface area (Å²) in [6.07, 6.45) is 3.38. The molecule has 1 aromatic carbocycles. The van der Waals surface area contributed by atoms with E-state index in [-0.39, 0.29) is 5.91 Å². The Morgan fingerprint density at radius 1 is 1.29 bits per heavy atom. The minimum Gasteiger partial charge on any atom is -0.399 e. The lowest BCUT2D eigenvalue weighted by molar-refractivity contribution is 0.0954. The van der Waals surface area contributed by atoms with Gasteiger partial charge in [-0.25, -0.2) is 5.43 Å². The van der Waals surface area contributed by atoms with Gasteiger partial charge < -0.3 is 5.73 Å². The molecule has 0 saturated heterocycles. The maximum atomic E-state index is 12.1. The lowest BCUT2D eigenvalue weighted by atomic mass is 9.76. The van der Waals surface area contributed by atoms with Crippen LogP contribution in [-0.4, -0.2) is 11.6 Å². The van der Waals surface area contributed by atoms with E-state index >= 15 is 0 Å². The molecule has 0 spiro atoms. The number of carbonyl (C=O) groups is 1. The van der Waals surface area contributed by atoms with Gasteiger partial charge in [0.2, 0.25) is 0 Å². The van der Waals surface area contributed by atoms with Crippen molar-refractivity contribution in [3.8, 4) is 0 Å². The van der Waals surface area contributed by atoms with Crippen LogP contribution in [0.4, 0.5) is 5.69 Å². The predicted molar refractivity (Wildman–Crippen MR) is 87.1 cm³/mol. The van der Waals surface area contributed by atoms with Crippen LogP contribution in [0.25, 0.3) is 0 Å². The number of benzene rings is 1. The Morgan fingerprint density at radius 3 is 2.57 bits per heavy atom. The molecule has 0 aromatic heterocycles. The van der Waals surface area contributed by atoms with Gasteiger partial charge in [0.25, 0.3) is 5.91 Å². The van der Waals surface area contributed by atoms with Gasteiger partial charge in [0.1, 0.15) is 0 Å². The zero-order valence-corrected chi connectivity index (χ0v) is 13.1. The highest BCUT2D eigenvalue weighted by atomic mass is 16.2. The fourth-order valence-electron chi connectivity index (χ4n) is 2.91. The van der Waals surface area contributed by atoms with E-state index in [1.165, 1.54) is 6.42 Å². The number of amides is 1. The van der Waals surface area contributed by atoms with Crippen molar-refractivity contribution in [2.24, 2.45) is 22.9 Å². The first-order chi connectivity index (χ1) is 9.97. The van der Waals surface area contributed by atoms with Crippen LogP contribution >= 0.6 is 0 Å². The molecule has 4 nitrogen and oxygen atoms in total. The quantitative estimate of drug-likeness (QED) is 0.660. The first kappa shape index (κ1) is 15.5. The Kier molecular flexibility index (Phi) is 4.99. The average Bonchev–Trinajstić information content (AvgIpc) is 2.45. The summed E-state index contributed by atoms with van der Waals surface area (Å²) in [5, 5.41) is 4.42. The molecule has 1 aromatic rings. The molecule has 2 rings (SSSR count). The van der Waals surface area contributed by atoms with Crippen LogP contribution in [0.1, 0.15) is 50.4 Å². The number of rotatable bonds is 3. The molecule has 1 saturated carbocycles. The number of nitrogens with zero attached hydrogens (tertiary/aromatic N) is 1. The van der Waals surface area contributed by atoms with Crippen LogP contribution in [0.15, 0.2) is 29.4 Å². The Balaban J connectivity index is 2.06. The smallest absolute Gasteiger partial charge is 0.271 e. The molecular formula is C17H25N3O. The van der Waals surface area contributed by atoms with E-state index in [1.54, 1.807) is 24.3 Å². The van der Waals surface area contributed by atoms with Gasteiger partial charge in [0.05, 0.1) is 0 Å². The first-order valence-corrected chi connectivity index (χ1v) is 7.69. The zero-order valence-electron chi connectivity index (χ0n) is 13.1. The van der Waals surface area contributed by atoms with Crippen molar-refractivity contribution < 1.29 is 4.79 Å². The number of carbonyl (C=O) groups excluding carboxylic acids is 1. The predicted octanol–water partition coefficient (Wildman–Crippen LogP) is 3.45. The SMILES string of the molecule is CC(C)[C@@H]1CC[C@@H](C)C/C1=N/NC(=O)c1ccc(N)cc1. The van der Waals surface area contributed by atoms with Gasteiger partial charge in [-0.1, -0.05) is 20.8 Å². The van der Waals surface area contributed by atoms with Crippen molar-refractivity contribution in [1.29, 1.82) is 0 Å². The summed E-state index contributed by atoms with van der Waals surface area (Å²) >= 11 is 0. The normalized spacial score (nSPS) is 24.3. The molecule has 0 bridgehead atoms. The largest absolute Gasteiger partial charge is 0.399 e. The molecule has 1 amide bonds. The molecule has 1 aliphatic carbocycles. The Hall–Kier alpha value is -1.84. The third-order valence-electron chi connectivity index (χ3n) is 4.23. The van der Waals surface area contributed by atoms with E-state index in [2.05, 4.69) is 31.3 Å². The van der Waals surface area contributed by atoms with Crippen molar-refractivity contribution >= 4 is 17.3 Å². The van der Waals surface area contributed by atoms with Crippen LogP contribution in [0.3, 0.4) is 0 Å². The van der Waals surface area contributed by atoms with Gasteiger partial charge >= 0.3 is 0 Å². The van der Waals surface area contributed by atoms with Crippen LogP contribution in [0.5, 0.6) is 0 Å². The molecule has 0 unspecified atom stereocenters. The van der Waals surface area contributed by atoms with Crippen LogP contribution in [0, 0.1) is 17.8 Å². The number of nitrogen functional groups attached to an aromatic ring is 1. The van der Waals surface area contributed by atoms with Gasteiger partial charge in [0, 0.05) is 22.9 Å². The Labute approximate surface area is 126 Å². The summed E-state index contributed by atoms with van der Waals surface area (Å²) in [5.41, 5.74) is 10.7. The molecule has 4 heteroatoms. The number of nitrogens with two attached hydrogens (primary N) is 1. The van der Waals surface area contributed by atoms with Gasteiger partial charge in [-0.2, -0.15) is 5.10 Å². The first-order valence-electron chi connectivity index (χ1n) is 7.69. The third kappa shape index (κ3) is 4.06. The van der Waals surface area contributed by atoms with E-state index in [0.717, 1.165) is 18.6 Å². The average molecular weight is 287 g/mol. The molecule has 21 heavy (non-hydrogen) atoms. The molecule has 0 radical (unpaired) electrons. The summed E-state index contributed by atoms with van der Waals surface area (Å²) in [6, 6.07) is 6.88. The number of hydrazone groups is 1. The van der Waals surface area contributed by atoms with Gasteiger partial charge in [-0.3, -0.25) is 4.79 Å². The molecule has 1 fully saturated rings. The maximum Gasteiger partial charge on any atom is 0.271 e. The second-order valence-electron chi connectivity index (χ2n) is 6.40. The number of hydrogen-bond donors (Lipinski definition) is 2. The Bertz CT molecular complexity index is 519. The monoisotopic (exact) mass is 287 g/mol. The maximum absolute atomic E-state index is 12.1. The highest BCUT2D eigenvalue weighted by Gasteiger charge is 2.27. The van der Waals surface area contributed by atoms with Gasteiger partial charge in [0.15, 0.2) is 0 Å². The Morgan fingerprint density at radius 2 is 1.95 bits per heavy atom. The molecule has 0 heterocycles. The van der Waals surface area contributed by atoms with E-state index in [1.807, 2.05) is 0 Å². The lowest BCUT2D eigenvalue weighted by Crippen LogP contribution is -2.31. The van der Waals surface area contributed by atoms with Crippen molar-refractivity contribution in [3.05, 3.63) is 29.8 Å². The minimum absolute atomic E-state index is 0.178. The summed E-state index contributed by atoms with van der Waals surface area (Å²) in [5.74, 6) is 1.51.